The first kappa shape index (κ1) is 19.0. The summed E-state index contributed by atoms with van der Waals surface area (Å²) in [4.78, 5) is 11.2. The zero-order valence-corrected chi connectivity index (χ0v) is 16.0. The number of hydrogen-bond acceptors (Lipinski definition) is 4. The molecule has 0 unspecified atom stereocenters. The highest BCUT2D eigenvalue weighted by Crippen LogP contribution is 2.39. The van der Waals surface area contributed by atoms with Crippen LogP contribution in [-0.2, 0) is 18.8 Å². The molecular weight excluding hydrogens is 382 g/mol. The number of unbranched alkanes of at least 4 members (excludes halogenated alkanes) is 1. The standard InChI is InChI=1S/C15H26BIO4/c1-7-8-9-12(19-11(2)18)10-13(17)16-20-14(3,4)15(5,6)21-16/h10,12H,7-9H2,1-6H3/b13-10-/t12-/m1/s1. The topological polar surface area (TPSA) is 44.8 Å². The molecule has 1 fully saturated rings. The lowest BCUT2D eigenvalue weighted by Gasteiger charge is -2.32. The van der Waals surface area contributed by atoms with E-state index in [-0.39, 0.29) is 23.3 Å². The normalized spacial score (nSPS) is 22.2. The van der Waals surface area contributed by atoms with Gasteiger partial charge in [-0.25, -0.2) is 0 Å². The molecule has 0 N–H and O–H groups in total. The highest BCUT2D eigenvalue weighted by atomic mass is 127. The Balaban J connectivity index is 2.79. The van der Waals surface area contributed by atoms with Gasteiger partial charge in [0.2, 0.25) is 0 Å². The Morgan fingerprint density at radius 3 is 2.24 bits per heavy atom. The number of ether oxygens (including phenoxy) is 1. The predicted molar refractivity (Wildman–Crippen MR) is 93.3 cm³/mol. The van der Waals surface area contributed by atoms with E-state index in [1.165, 1.54) is 6.92 Å². The molecule has 0 spiro atoms. The minimum atomic E-state index is -0.393. The average Bonchev–Trinajstić information content (AvgIpc) is 2.55. The van der Waals surface area contributed by atoms with E-state index in [1.54, 1.807) is 0 Å². The van der Waals surface area contributed by atoms with E-state index >= 15 is 0 Å². The molecule has 1 aliphatic rings. The molecule has 1 aliphatic heterocycles. The zero-order valence-electron chi connectivity index (χ0n) is 13.9. The zero-order chi connectivity index (χ0) is 16.3. The molecule has 1 rings (SSSR count). The van der Waals surface area contributed by atoms with Crippen LogP contribution >= 0.6 is 22.6 Å². The van der Waals surface area contributed by atoms with E-state index in [0.29, 0.717) is 0 Å². The van der Waals surface area contributed by atoms with E-state index in [1.807, 2.05) is 33.8 Å². The van der Waals surface area contributed by atoms with Crippen molar-refractivity contribution in [3.63, 3.8) is 0 Å². The molecule has 0 aromatic heterocycles. The fourth-order valence-electron chi connectivity index (χ4n) is 2.01. The summed E-state index contributed by atoms with van der Waals surface area (Å²) in [5.41, 5.74) is -0.718. The van der Waals surface area contributed by atoms with Crippen LogP contribution < -0.4 is 0 Å². The van der Waals surface area contributed by atoms with Gasteiger partial charge in [0.05, 0.1) is 11.2 Å². The summed E-state index contributed by atoms with van der Waals surface area (Å²) in [6.45, 7) is 11.7. The number of hydrogen-bond donors (Lipinski definition) is 0. The van der Waals surface area contributed by atoms with Gasteiger partial charge in [-0.2, -0.15) is 0 Å². The fourth-order valence-corrected chi connectivity index (χ4v) is 2.66. The van der Waals surface area contributed by atoms with Crippen molar-refractivity contribution in [3.8, 4) is 0 Å². The highest BCUT2D eigenvalue weighted by Gasteiger charge is 2.52. The van der Waals surface area contributed by atoms with Gasteiger partial charge < -0.3 is 14.0 Å². The smallest absolute Gasteiger partial charge is 0.458 e. The lowest BCUT2D eigenvalue weighted by molar-refractivity contribution is -0.144. The third-order valence-electron chi connectivity index (χ3n) is 3.98. The van der Waals surface area contributed by atoms with E-state index in [9.17, 15) is 4.79 Å². The molecule has 0 bridgehead atoms. The lowest BCUT2D eigenvalue weighted by atomic mass is 9.89. The van der Waals surface area contributed by atoms with Gasteiger partial charge in [0.1, 0.15) is 6.10 Å². The van der Waals surface area contributed by atoms with Crippen molar-refractivity contribution >= 4 is 35.7 Å². The largest absolute Gasteiger partial charge is 0.501 e. The van der Waals surface area contributed by atoms with Crippen LogP contribution in [0.4, 0.5) is 0 Å². The van der Waals surface area contributed by atoms with Gasteiger partial charge in [-0.3, -0.25) is 4.79 Å². The second kappa shape index (κ2) is 7.46. The van der Waals surface area contributed by atoms with Crippen LogP contribution in [0, 0.1) is 0 Å². The number of esters is 1. The van der Waals surface area contributed by atoms with E-state index in [2.05, 4.69) is 29.5 Å². The Bertz CT molecular complexity index is 390. The molecule has 0 radical (unpaired) electrons. The summed E-state index contributed by atoms with van der Waals surface area (Å²) in [6, 6.07) is 0. The molecule has 21 heavy (non-hydrogen) atoms. The summed E-state index contributed by atoms with van der Waals surface area (Å²) in [7, 11) is -0.393. The summed E-state index contributed by atoms with van der Waals surface area (Å²) >= 11 is 2.21. The van der Waals surface area contributed by atoms with Crippen molar-refractivity contribution in [1.82, 2.24) is 0 Å². The highest BCUT2D eigenvalue weighted by molar-refractivity contribution is 14.1. The van der Waals surface area contributed by atoms with Crippen LogP contribution in [0.1, 0.15) is 60.8 Å². The minimum Gasteiger partial charge on any atom is -0.458 e. The van der Waals surface area contributed by atoms with Crippen LogP contribution in [0.25, 0.3) is 0 Å². The molecule has 0 aliphatic carbocycles. The summed E-state index contributed by atoms with van der Waals surface area (Å²) in [5, 5.41) is 0. The van der Waals surface area contributed by atoms with Crippen molar-refractivity contribution in [1.29, 1.82) is 0 Å². The van der Waals surface area contributed by atoms with Crippen molar-refractivity contribution in [2.75, 3.05) is 0 Å². The van der Waals surface area contributed by atoms with Crippen molar-refractivity contribution in [2.24, 2.45) is 0 Å². The summed E-state index contributed by atoms with van der Waals surface area (Å²) in [5.74, 6) is -0.259. The number of halogens is 1. The second-order valence-corrected chi connectivity index (χ2v) is 7.68. The SMILES string of the molecule is CCCC[C@H](/C=C(\I)B1OC(C)(C)C(C)(C)O1)OC(C)=O. The maximum absolute atomic E-state index is 11.2. The Morgan fingerprint density at radius 1 is 1.29 bits per heavy atom. The predicted octanol–water partition coefficient (Wildman–Crippen LogP) is 4.06. The van der Waals surface area contributed by atoms with E-state index in [4.69, 9.17) is 14.0 Å². The number of rotatable bonds is 6. The van der Waals surface area contributed by atoms with Crippen LogP contribution in [0.2, 0.25) is 0 Å². The van der Waals surface area contributed by atoms with Crippen LogP contribution in [0.3, 0.4) is 0 Å². The summed E-state index contributed by atoms with van der Waals surface area (Å²) < 4.78 is 18.3. The van der Waals surface area contributed by atoms with Gasteiger partial charge in [-0.1, -0.05) is 35.9 Å². The molecular formula is C15H26BIO4. The Kier molecular flexibility index (Phi) is 6.74. The number of carbonyl (C=O) groups is 1. The van der Waals surface area contributed by atoms with Gasteiger partial charge >= 0.3 is 13.1 Å². The molecule has 6 heteroatoms. The van der Waals surface area contributed by atoms with Crippen molar-refractivity contribution in [2.45, 2.75) is 78.1 Å². The Hall–Kier alpha value is -0.0751. The van der Waals surface area contributed by atoms with Gasteiger partial charge in [-0.05, 0) is 46.6 Å². The summed E-state index contributed by atoms with van der Waals surface area (Å²) in [6.07, 6.45) is 4.63. The molecule has 4 nitrogen and oxygen atoms in total. The maximum atomic E-state index is 11.2. The second-order valence-electron chi connectivity index (χ2n) is 6.43. The van der Waals surface area contributed by atoms with Crippen molar-refractivity contribution < 1.29 is 18.8 Å². The third-order valence-corrected chi connectivity index (χ3v) is 4.85. The van der Waals surface area contributed by atoms with Crippen molar-refractivity contribution in [3.05, 3.63) is 9.56 Å². The fraction of sp³-hybridized carbons (Fsp3) is 0.800. The molecule has 0 amide bonds. The molecule has 1 saturated heterocycles. The Labute approximate surface area is 142 Å². The third kappa shape index (κ3) is 5.25. The lowest BCUT2D eigenvalue weighted by Crippen LogP contribution is -2.41. The van der Waals surface area contributed by atoms with Gasteiger partial charge in [-0.15, -0.1) is 0 Å². The first-order valence-electron chi connectivity index (χ1n) is 7.49. The average molecular weight is 408 g/mol. The molecule has 120 valence electrons. The van der Waals surface area contributed by atoms with Gasteiger partial charge in [0.15, 0.2) is 0 Å². The Morgan fingerprint density at radius 2 is 1.81 bits per heavy atom. The van der Waals surface area contributed by atoms with Crippen LogP contribution in [0.15, 0.2) is 9.56 Å². The first-order chi connectivity index (χ1) is 9.59. The minimum absolute atomic E-state index is 0.214. The van der Waals surface area contributed by atoms with Gasteiger partial charge in [0, 0.05) is 10.4 Å². The van der Waals surface area contributed by atoms with Crippen LogP contribution in [-0.4, -0.2) is 30.4 Å². The molecule has 1 atom stereocenters. The number of carbonyl (C=O) groups excluding carboxylic acids is 1. The molecule has 0 aromatic rings. The molecule has 0 aromatic carbocycles. The molecule has 1 heterocycles. The van der Waals surface area contributed by atoms with E-state index < -0.39 is 7.12 Å². The van der Waals surface area contributed by atoms with Crippen LogP contribution in [0.5, 0.6) is 0 Å². The first-order valence-corrected chi connectivity index (χ1v) is 8.57. The quantitative estimate of drug-likeness (QED) is 0.378. The van der Waals surface area contributed by atoms with Gasteiger partial charge in [0.25, 0.3) is 0 Å². The monoisotopic (exact) mass is 408 g/mol. The maximum Gasteiger partial charge on any atom is 0.501 e. The molecule has 0 saturated carbocycles. The van der Waals surface area contributed by atoms with E-state index in [0.717, 1.165) is 22.7 Å².